The van der Waals surface area contributed by atoms with Crippen LogP contribution in [0, 0.1) is 27.7 Å². The molecule has 0 fully saturated rings. The van der Waals surface area contributed by atoms with Crippen LogP contribution in [0.2, 0.25) is 0 Å². The number of carbonyl (C=O) groups excluding carboxylic acids is 2. The van der Waals surface area contributed by atoms with Crippen molar-refractivity contribution < 1.29 is 9.59 Å². The molecule has 0 radical (unpaired) electrons. The van der Waals surface area contributed by atoms with E-state index in [2.05, 4.69) is 25.2 Å². The van der Waals surface area contributed by atoms with Gasteiger partial charge in [0.25, 0.3) is 11.8 Å². The lowest BCUT2D eigenvalue weighted by Gasteiger charge is -2.17. The molecule has 0 saturated carbocycles. The first-order valence-corrected chi connectivity index (χ1v) is 11.3. The zero-order valence-electron chi connectivity index (χ0n) is 20.1. The number of hydrogen-bond acceptors (Lipinski definition) is 3. The van der Waals surface area contributed by atoms with Crippen molar-refractivity contribution in [2.45, 2.75) is 47.5 Å². The summed E-state index contributed by atoms with van der Waals surface area (Å²) in [5.41, 5.74) is 8.37. The molecule has 0 bridgehead atoms. The van der Waals surface area contributed by atoms with Crippen LogP contribution in [0.5, 0.6) is 0 Å². The zero-order valence-corrected chi connectivity index (χ0v) is 20.1. The summed E-state index contributed by atoms with van der Waals surface area (Å²) in [4.78, 5) is 28.6. The molecule has 0 aliphatic carbocycles. The average molecular weight is 439 g/mol. The summed E-state index contributed by atoms with van der Waals surface area (Å²) in [6.45, 7) is 12.3. The quantitative estimate of drug-likeness (QED) is 0.466. The van der Waals surface area contributed by atoms with Gasteiger partial charge in [-0.1, -0.05) is 61.9 Å². The summed E-state index contributed by atoms with van der Waals surface area (Å²) in [5, 5.41) is 3.30. The number of anilines is 2. The zero-order chi connectivity index (χ0) is 23.9. The van der Waals surface area contributed by atoms with Crippen molar-refractivity contribution in [1.82, 2.24) is 0 Å². The number of imide groups is 1. The number of benzene rings is 3. The van der Waals surface area contributed by atoms with E-state index in [1.54, 1.807) is 0 Å². The standard InChI is InChI=1S/C29H30N2O2/c1-17(2)22-10-12-24(13-11-22)31-28(32)26(23-9-8-19(4)20(5)16-23)27(29(31)33)30-25-14-7-18(3)15-21(25)6/h7-17,30H,1-6H3. The third kappa shape index (κ3) is 4.21. The minimum absolute atomic E-state index is 0.308. The molecule has 0 saturated heterocycles. The molecule has 0 unspecified atom stereocenters. The molecule has 4 rings (SSSR count). The largest absolute Gasteiger partial charge is 0.350 e. The maximum atomic E-state index is 13.7. The van der Waals surface area contributed by atoms with Gasteiger partial charge in [-0.25, -0.2) is 4.90 Å². The molecule has 1 aliphatic heterocycles. The summed E-state index contributed by atoms with van der Waals surface area (Å²) in [6.07, 6.45) is 0. The van der Waals surface area contributed by atoms with Crippen molar-refractivity contribution in [2.75, 3.05) is 10.2 Å². The van der Waals surface area contributed by atoms with Crippen molar-refractivity contribution >= 4 is 28.8 Å². The van der Waals surface area contributed by atoms with Gasteiger partial charge in [0.2, 0.25) is 0 Å². The summed E-state index contributed by atoms with van der Waals surface area (Å²) in [6, 6.07) is 19.5. The van der Waals surface area contributed by atoms with Crippen LogP contribution in [0.15, 0.2) is 66.4 Å². The monoisotopic (exact) mass is 438 g/mol. The molecule has 2 amide bonds. The highest BCUT2D eigenvalue weighted by atomic mass is 16.2. The van der Waals surface area contributed by atoms with E-state index >= 15 is 0 Å². The molecular weight excluding hydrogens is 408 g/mol. The lowest BCUT2D eigenvalue weighted by molar-refractivity contribution is -0.120. The lowest BCUT2D eigenvalue weighted by Crippen LogP contribution is -2.32. The minimum Gasteiger partial charge on any atom is -0.350 e. The Kier molecular flexibility index (Phi) is 5.94. The number of nitrogens with zero attached hydrogens (tertiary/aromatic N) is 1. The molecule has 3 aromatic rings. The van der Waals surface area contributed by atoms with Gasteiger partial charge in [0.1, 0.15) is 5.70 Å². The van der Waals surface area contributed by atoms with Crippen LogP contribution < -0.4 is 10.2 Å². The van der Waals surface area contributed by atoms with Gasteiger partial charge in [-0.05, 0) is 79.6 Å². The maximum Gasteiger partial charge on any atom is 0.282 e. The highest BCUT2D eigenvalue weighted by Gasteiger charge is 2.40. The van der Waals surface area contributed by atoms with E-state index in [-0.39, 0.29) is 11.8 Å². The van der Waals surface area contributed by atoms with Crippen LogP contribution in [-0.2, 0) is 9.59 Å². The van der Waals surface area contributed by atoms with Crippen molar-refractivity contribution in [3.8, 4) is 0 Å². The molecule has 1 aliphatic rings. The fourth-order valence-corrected chi connectivity index (χ4v) is 4.14. The molecule has 3 aromatic carbocycles. The molecule has 0 aromatic heterocycles. The van der Waals surface area contributed by atoms with E-state index in [0.717, 1.165) is 39.1 Å². The van der Waals surface area contributed by atoms with Crippen molar-refractivity contribution in [2.24, 2.45) is 0 Å². The van der Waals surface area contributed by atoms with Gasteiger partial charge in [-0.3, -0.25) is 9.59 Å². The normalized spacial score (nSPS) is 14.0. The molecule has 4 heteroatoms. The minimum atomic E-state index is -0.342. The van der Waals surface area contributed by atoms with Gasteiger partial charge in [-0.2, -0.15) is 0 Å². The van der Waals surface area contributed by atoms with Gasteiger partial charge < -0.3 is 5.32 Å². The second kappa shape index (κ2) is 8.70. The van der Waals surface area contributed by atoms with Crippen molar-refractivity contribution in [3.05, 3.63) is 99.7 Å². The molecule has 0 spiro atoms. The Morgan fingerprint density at radius 2 is 1.42 bits per heavy atom. The van der Waals surface area contributed by atoms with E-state index in [0.29, 0.717) is 22.9 Å². The molecule has 1 N–H and O–H groups in total. The van der Waals surface area contributed by atoms with E-state index in [4.69, 9.17) is 0 Å². The third-order valence-corrected chi connectivity index (χ3v) is 6.34. The Morgan fingerprint density at radius 1 is 0.727 bits per heavy atom. The summed E-state index contributed by atoms with van der Waals surface area (Å²) < 4.78 is 0. The Morgan fingerprint density at radius 3 is 2.03 bits per heavy atom. The molecular formula is C29H30N2O2. The fourth-order valence-electron chi connectivity index (χ4n) is 4.14. The van der Waals surface area contributed by atoms with Crippen LogP contribution in [-0.4, -0.2) is 11.8 Å². The van der Waals surface area contributed by atoms with Gasteiger partial charge in [0.05, 0.1) is 11.3 Å². The first-order valence-electron chi connectivity index (χ1n) is 11.3. The van der Waals surface area contributed by atoms with E-state index < -0.39 is 0 Å². The molecule has 33 heavy (non-hydrogen) atoms. The first-order chi connectivity index (χ1) is 15.7. The second-order valence-electron chi connectivity index (χ2n) is 9.18. The van der Waals surface area contributed by atoms with Gasteiger partial charge >= 0.3 is 0 Å². The summed E-state index contributed by atoms with van der Waals surface area (Å²) in [5.74, 6) is -0.284. The van der Waals surface area contributed by atoms with Crippen LogP contribution >= 0.6 is 0 Å². The molecule has 0 atom stereocenters. The number of nitrogens with one attached hydrogen (secondary N) is 1. The summed E-state index contributed by atoms with van der Waals surface area (Å²) in [7, 11) is 0. The van der Waals surface area contributed by atoms with Gasteiger partial charge in [0, 0.05) is 5.69 Å². The smallest absolute Gasteiger partial charge is 0.282 e. The SMILES string of the molecule is Cc1ccc(NC2=C(c3ccc(C)c(C)c3)C(=O)N(c3ccc(C(C)C)cc3)C2=O)c(C)c1. The average Bonchev–Trinajstić information content (AvgIpc) is 3.01. The number of carbonyl (C=O) groups is 2. The van der Waals surface area contributed by atoms with E-state index in [1.165, 1.54) is 4.90 Å². The number of rotatable bonds is 5. The Bertz CT molecular complexity index is 1280. The van der Waals surface area contributed by atoms with Crippen LogP contribution in [0.4, 0.5) is 11.4 Å². The van der Waals surface area contributed by atoms with E-state index in [9.17, 15) is 9.59 Å². The number of amides is 2. The first kappa shape index (κ1) is 22.5. The maximum absolute atomic E-state index is 13.7. The van der Waals surface area contributed by atoms with Crippen LogP contribution in [0.3, 0.4) is 0 Å². The highest BCUT2D eigenvalue weighted by molar-refractivity contribution is 6.46. The predicted molar refractivity (Wildman–Crippen MR) is 135 cm³/mol. The molecule has 4 nitrogen and oxygen atoms in total. The lowest BCUT2D eigenvalue weighted by atomic mass is 9.99. The van der Waals surface area contributed by atoms with Gasteiger partial charge in [0.15, 0.2) is 0 Å². The summed E-state index contributed by atoms with van der Waals surface area (Å²) >= 11 is 0. The van der Waals surface area contributed by atoms with Crippen LogP contribution in [0.1, 0.15) is 53.1 Å². The highest BCUT2D eigenvalue weighted by Crippen LogP contribution is 2.35. The second-order valence-corrected chi connectivity index (χ2v) is 9.18. The third-order valence-electron chi connectivity index (χ3n) is 6.34. The topological polar surface area (TPSA) is 49.4 Å². The van der Waals surface area contributed by atoms with E-state index in [1.807, 2.05) is 82.3 Å². The number of hydrogen-bond donors (Lipinski definition) is 1. The van der Waals surface area contributed by atoms with Crippen molar-refractivity contribution in [3.63, 3.8) is 0 Å². The van der Waals surface area contributed by atoms with Gasteiger partial charge in [-0.15, -0.1) is 0 Å². The Hall–Kier alpha value is -3.66. The Balaban J connectivity index is 1.82. The Labute approximate surface area is 195 Å². The van der Waals surface area contributed by atoms with Crippen molar-refractivity contribution in [1.29, 1.82) is 0 Å². The fraction of sp³-hybridized carbons (Fsp3) is 0.241. The molecule has 1 heterocycles. The molecule has 168 valence electrons. The van der Waals surface area contributed by atoms with Crippen LogP contribution in [0.25, 0.3) is 5.57 Å². The predicted octanol–water partition coefficient (Wildman–Crippen LogP) is 6.44. The number of aryl methyl sites for hydroxylation is 4.